The number of nitrogens with one attached hydrogen (secondary N) is 1. The van der Waals surface area contributed by atoms with Gasteiger partial charge in [0.2, 0.25) is 0 Å². The lowest BCUT2D eigenvalue weighted by Crippen LogP contribution is -2.17. The van der Waals surface area contributed by atoms with Crippen LogP contribution in [0.4, 0.5) is 5.69 Å². The summed E-state index contributed by atoms with van der Waals surface area (Å²) >= 11 is 3.59. The largest absolute Gasteiger partial charge is 0.388 e. The van der Waals surface area contributed by atoms with Crippen LogP contribution in [0.5, 0.6) is 0 Å². The first-order valence-electron chi connectivity index (χ1n) is 6.37. The zero-order chi connectivity index (χ0) is 13.7. The zero-order valence-corrected chi connectivity index (χ0v) is 12.9. The Balaban J connectivity index is 1.97. The molecule has 0 aliphatic heterocycles. The Morgan fingerprint density at radius 1 is 1.00 bits per heavy atom. The second-order valence-electron chi connectivity index (χ2n) is 4.71. The van der Waals surface area contributed by atoms with Gasteiger partial charge in [0.15, 0.2) is 0 Å². The van der Waals surface area contributed by atoms with Gasteiger partial charge in [-0.25, -0.2) is 0 Å². The molecule has 0 aromatic heterocycles. The summed E-state index contributed by atoms with van der Waals surface area (Å²) in [4.78, 5) is 2.31. The molecule has 0 spiro atoms. The Hall–Kier alpha value is -1.32. The van der Waals surface area contributed by atoms with Gasteiger partial charge in [0.05, 0.1) is 0 Å². The number of benzene rings is 2. The predicted molar refractivity (Wildman–Crippen MR) is 85.3 cm³/mol. The maximum atomic E-state index is 3.59. The highest BCUT2D eigenvalue weighted by atomic mass is 79.9. The van der Waals surface area contributed by atoms with Crippen LogP contribution in [0.1, 0.15) is 11.1 Å². The maximum Gasteiger partial charge on any atom is 0.0337 e. The molecule has 100 valence electrons. The Bertz CT molecular complexity index is 523. The van der Waals surface area contributed by atoms with E-state index in [2.05, 4.69) is 75.7 Å². The van der Waals surface area contributed by atoms with Gasteiger partial charge in [-0.1, -0.05) is 46.3 Å². The van der Waals surface area contributed by atoms with E-state index in [1.54, 1.807) is 0 Å². The van der Waals surface area contributed by atoms with Crippen molar-refractivity contribution in [3.05, 3.63) is 64.1 Å². The van der Waals surface area contributed by atoms with E-state index < -0.39 is 0 Å². The molecule has 2 aromatic carbocycles. The smallest absolute Gasteiger partial charge is 0.0337 e. The number of hydrogen-bond donors (Lipinski definition) is 1. The molecule has 0 saturated carbocycles. The first-order chi connectivity index (χ1) is 9.19. The molecular weight excluding hydrogens is 300 g/mol. The van der Waals surface area contributed by atoms with Crippen LogP contribution in [-0.2, 0) is 13.1 Å². The van der Waals surface area contributed by atoms with Crippen molar-refractivity contribution in [2.45, 2.75) is 13.1 Å². The molecule has 2 rings (SSSR count). The van der Waals surface area contributed by atoms with Gasteiger partial charge in [0, 0.05) is 30.3 Å². The third kappa shape index (κ3) is 4.08. The van der Waals surface area contributed by atoms with Gasteiger partial charge < -0.3 is 5.32 Å². The molecule has 0 aliphatic carbocycles. The van der Waals surface area contributed by atoms with E-state index in [9.17, 15) is 0 Å². The average molecular weight is 319 g/mol. The summed E-state index contributed by atoms with van der Waals surface area (Å²) < 4.78 is 1.17. The molecule has 0 aliphatic rings. The summed E-state index contributed by atoms with van der Waals surface area (Å²) in [5.41, 5.74) is 3.79. The Morgan fingerprint density at radius 3 is 2.32 bits per heavy atom. The summed E-state index contributed by atoms with van der Waals surface area (Å²) in [6.45, 7) is 1.89. The lowest BCUT2D eigenvalue weighted by molar-refractivity contribution is 0.318. The van der Waals surface area contributed by atoms with E-state index >= 15 is 0 Å². The molecule has 0 amide bonds. The molecule has 0 atom stereocenters. The van der Waals surface area contributed by atoms with Crippen molar-refractivity contribution in [3.63, 3.8) is 0 Å². The fourth-order valence-corrected chi connectivity index (χ4v) is 2.47. The van der Waals surface area contributed by atoms with Crippen LogP contribution in [0, 0.1) is 0 Å². The highest BCUT2D eigenvalue weighted by molar-refractivity contribution is 9.10. The van der Waals surface area contributed by atoms with E-state index in [0.717, 1.165) is 18.8 Å². The van der Waals surface area contributed by atoms with Crippen molar-refractivity contribution in [2.24, 2.45) is 0 Å². The van der Waals surface area contributed by atoms with Crippen molar-refractivity contribution >= 4 is 21.6 Å². The third-order valence-electron chi connectivity index (χ3n) is 3.09. The van der Waals surface area contributed by atoms with E-state index in [1.807, 2.05) is 13.1 Å². The number of anilines is 1. The molecule has 19 heavy (non-hydrogen) atoms. The lowest BCUT2D eigenvalue weighted by atomic mass is 10.1. The molecule has 0 heterocycles. The normalized spacial score (nSPS) is 10.7. The van der Waals surface area contributed by atoms with Crippen LogP contribution in [0.3, 0.4) is 0 Å². The Morgan fingerprint density at radius 2 is 1.68 bits per heavy atom. The van der Waals surface area contributed by atoms with E-state index in [0.29, 0.717) is 0 Å². The SMILES string of the molecule is CNc1ccc(CN(C)Cc2ccccc2Br)cc1. The van der Waals surface area contributed by atoms with Crippen molar-refractivity contribution in [2.75, 3.05) is 19.4 Å². The minimum atomic E-state index is 0.940. The monoisotopic (exact) mass is 318 g/mol. The van der Waals surface area contributed by atoms with Crippen LogP contribution < -0.4 is 5.32 Å². The molecule has 2 nitrogen and oxygen atoms in total. The van der Waals surface area contributed by atoms with Crippen LogP contribution in [0.25, 0.3) is 0 Å². The number of rotatable bonds is 5. The fraction of sp³-hybridized carbons (Fsp3) is 0.250. The zero-order valence-electron chi connectivity index (χ0n) is 11.4. The molecule has 0 bridgehead atoms. The Kier molecular flexibility index (Phi) is 5.00. The van der Waals surface area contributed by atoms with Gasteiger partial charge in [-0.15, -0.1) is 0 Å². The van der Waals surface area contributed by atoms with Crippen LogP contribution in [0.2, 0.25) is 0 Å². The van der Waals surface area contributed by atoms with Gasteiger partial charge in [0.1, 0.15) is 0 Å². The standard InChI is InChI=1S/C16H19BrN2/c1-18-15-9-7-13(8-10-15)11-19(2)12-14-5-3-4-6-16(14)17/h3-10,18H,11-12H2,1-2H3. The molecule has 2 aromatic rings. The Labute approximate surface area is 123 Å². The first kappa shape index (κ1) is 14.1. The molecule has 3 heteroatoms. The quantitative estimate of drug-likeness (QED) is 0.892. The molecule has 0 radical (unpaired) electrons. The van der Waals surface area contributed by atoms with E-state index in [1.165, 1.54) is 15.6 Å². The number of nitrogens with zero attached hydrogens (tertiary/aromatic N) is 1. The lowest BCUT2D eigenvalue weighted by Gasteiger charge is -2.18. The fourth-order valence-electron chi connectivity index (χ4n) is 2.06. The van der Waals surface area contributed by atoms with Crippen molar-refractivity contribution in [1.29, 1.82) is 0 Å². The summed E-state index contributed by atoms with van der Waals surface area (Å²) in [6.07, 6.45) is 0. The summed E-state index contributed by atoms with van der Waals surface area (Å²) in [5, 5.41) is 3.13. The number of halogens is 1. The van der Waals surface area contributed by atoms with Crippen LogP contribution in [0.15, 0.2) is 53.0 Å². The summed E-state index contributed by atoms with van der Waals surface area (Å²) in [5.74, 6) is 0. The molecule has 0 saturated heterocycles. The second kappa shape index (κ2) is 6.73. The topological polar surface area (TPSA) is 15.3 Å². The van der Waals surface area contributed by atoms with Crippen molar-refractivity contribution < 1.29 is 0 Å². The summed E-state index contributed by atoms with van der Waals surface area (Å²) in [6, 6.07) is 16.9. The summed E-state index contributed by atoms with van der Waals surface area (Å²) in [7, 11) is 4.08. The first-order valence-corrected chi connectivity index (χ1v) is 7.17. The van der Waals surface area contributed by atoms with Gasteiger partial charge >= 0.3 is 0 Å². The molecular formula is C16H19BrN2. The van der Waals surface area contributed by atoms with Crippen LogP contribution in [-0.4, -0.2) is 19.0 Å². The van der Waals surface area contributed by atoms with Crippen LogP contribution >= 0.6 is 15.9 Å². The van der Waals surface area contributed by atoms with Gasteiger partial charge in [-0.05, 0) is 36.4 Å². The average Bonchev–Trinajstić information content (AvgIpc) is 2.42. The predicted octanol–water partition coefficient (Wildman–Crippen LogP) is 4.12. The minimum absolute atomic E-state index is 0.940. The number of hydrogen-bond acceptors (Lipinski definition) is 2. The molecule has 0 fully saturated rings. The molecule has 1 N–H and O–H groups in total. The van der Waals surface area contributed by atoms with Gasteiger partial charge in [-0.2, -0.15) is 0 Å². The highest BCUT2D eigenvalue weighted by Crippen LogP contribution is 2.18. The highest BCUT2D eigenvalue weighted by Gasteiger charge is 2.04. The van der Waals surface area contributed by atoms with Crippen molar-refractivity contribution in [3.8, 4) is 0 Å². The maximum absolute atomic E-state index is 3.59. The third-order valence-corrected chi connectivity index (χ3v) is 3.87. The van der Waals surface area contributed by atoms with Crippen molar-refractivity contribution in [1.82, 2.24) is 4.90 Å². The van der Waals surface area contributed by atoms with E-state index in [4.69, 9.17) is 0 Å². The molecule has 0 unspecified atom stereocenters. The second-order valence-corrected chi connectivity index (χ2v) is 5.56. The van der Waals surface area contributed by atoms with Gasteiger partial charge in [0.25, 0.3) is 0 Å². The van der Waals surface area contributed by atoms with Gasteiger partial charge in [-0.3, -0.25) is 4.90 Å². The minimum Gasteiger partial charge on any atom is -0.388 e. The van der Waals surface area contributed by atoms with E-state index in [-0.39, 0.29) is 0 Å².